The van der Waals surface area contributed by atoms with Gasteiger partial charge in [0.1, 0.15) is 11.6 Å². The highest BCUT2D eigenvalue weighted by Gasteiger charge is 2.25. The molecule has 1 aliphatic heterocycles. The number of rotatable bonds is 6. The van der Waals surface area contributed by atoms with Gasteiger partial charge in [-0.15, -0.1) is 0 Å². The lowest BCUT2D eigenvalue weighted by Gasteiger charge is -2.30. The Hall–Kier alpha value is -2.03. The number of piperidine rings is 1. The zero-order valence-electron chi connectivity index (χ0n) is 13.6. The number of ether oxygens (including phenoxy) is 1. The topological polar surface area (TPSA) is 82.4 Å². The summed E-state index contributed by atoms with van der Waals surface area (Å²) in [4.78, 5) is 25.6. The van der Waals surface area contributed by atoms with E-state index in [4.69, 9.17) is 10.00 Å². The molecule has 0 aromatic rings. The van der Waals surface area contributed by atoms with Gasteiger partial charge in [0.15, 0.2) is 0 Å². The molecule has 6 nitrogen and oxygen atoms in total. The molecule has 1 saturated heterocycles. The van der Waals surface area contributed by atoms with Gasteiger partial charge in [0.25, 0.3) is 5.91 Å². The zero-order valence-corrected chi connectivity index (χ0v) is 13.6. The first-order chi connectivity index (χ1) is 10.5. The SMILES string of the molecule is CCOC(=O)C1CCN(/C=C(/C#N)C(=O)NC(C)CC)CC1. The van der Waals surface area contributed by atoms with Crippen molar-refractivity contribution in [2.24, 2.45) is 5.92 Å². The molecule has 1 fully saturated rings. The molecular formula is C16H25N3O3. The molecule has 0 aromatic carbocycles. The normalized spacial score (nSPS) is 17.5. The summed E-state index contributed by atoms with van der Waals surface area (Å²) in [5.74, 6) is -0.574. The number of carbonyl (C=O) groups is 2. The Morgan fingerprint density at radius 3 is 2.55 bits per heavy atom. The Morgan fingerprint density at radius 1 is 1.41 bits per heavy atom. The largest absolute Gasteiger partial charge is 0.466 e. The molecule has 22 heavy (non-hydrogen) atoms. The molecule has 1 rings (SSSR count). The van der Waals surface area contributed by atoms with Gasteiger partial charge >= 0.3 is 5.97 Å². The van der Waals surface area contributed by atoms with Crippen molar-refractivity contribution in [3.05, 3.63) is 11.8 Å². The van der Waals surface area contributed by atoms with Crippen molar-refractivity contribution < 1.29 is 14.3 Å². The second-order valence-electron chi connectivity index (χ2n) is 5.50. The molecule has 0 spiro atoms. The van der Waals surface area contributed by atoms with Crippen LogP contribution in [0.2, 0.25) is 0 Å². The standard InChI is InChI=1S/C16H25N3O3/c1-4-12(3)18-15(20)14(10-17)11-19-8-6-13(7-9-19)16(21)22-5-2/h11-13H,4-9H2,1-3H3,(H,18,20)/b14-11-. The van der Waals surface area contributed by atoms with Gasteiger partial charge in [0.05, 0.1) is 12.5 Å². The average Bonchev–Trinajstić information content (AvgIpc) is 2.53. The van der Waals surface area contributed by atoms with Crippen LogP contribution in [-0.2, 0) is 14.3 Å². The summed E-state index contributed by atoms with van der Waals surface area (Å²) in [5.41, 5.74) is 0.106. The van der Waals surface area contributed by atoms with Gasteiger partial charge < -0.3 is 15.0 Å². The fraction of sp³-hybridized carbons (Fsp3) is 0.688. The Balaban J connectivity index is 2.57. The molecule has 1 aliphatic rings. The van der Waals surface area contributed by atoms with Crippen molar-refractivity contribution in [1.82, 2.24) is 10.2 Å². The van der Waals surface area contributed by atoms with Crippen molar-refractivity contribution in [1.29, 1.82) is 5.26 Å². The van der Waals surface area contributed by atoms with Crippen molar-refractivity contribution in [2.75, 3.05) is 19.7 Å². The average molecular weight is 307 g/mol. The summed E-state index contributed by atoms with van der Waals surface area (Å²) in [5, 5.41) is 11.9. The quantitative estimate of drug-likeness (QED) is 0.458. The van der Waals surface area contributed by atoms with Crippen molar-refractivity contribution in [2.45, 2.75) is 46.1 Å². The number of amides is 1. The third-order valence-corrected chi connectivity index (χ3v) is 3.82. The van der Waals surface area contributed by atoms with Crippen LogP contribution in [0.1, 0.15) is 40.0 Å². The Bertz CT molecular complexity index is 460. The van der Waals surface area contributed by atoms with E-state index in [1.165, 1.54) is 0 Å². The van der Waals surface area contributed by atoms with E-state index in [0.717, 1.165) is 6.42 Å². The number of hydrogen-bond donors (Lipinski definition) is 1. The summed E-state index contributed by atoms with van der Waals surface area (Å²) in [7, 11) is 0. The first-order valence-electron chi connectivity index (χ1n) is 7.85. The third-order valence-electron chi connectivity index (χ3n) is 3.82. The van der Waals surface area contributed by atoms with E-state index in [9.17, 15) is 9.59 Å². The van der Waals surface area contributed by atoms with Crippen molar-refractivity contribution >= 4 is 11.9 Å². The Kier molecular flexibility index (Phi) is 7.44. The fourth-order valence-electron chi connectivity index (χ4n) is 2.25. The number of nitriles is 1. The minimum Gasteiger partial charge on any atom is -0.466 e. The summed E-state index contributed by atoms with van der Waals surface area (Å²) in [6.45, 7) is 7.35. The maximum Gasteiger partial charge on any atom is 0.309 e. The highest BCUT2D eigenvalue weighted by molar-refractivity contribution is 5.97. The molecule has 1 unspecified atom stereocenters. The van der Waals surface area contributed by atoms with Crippen molar-refractivity contribution in [3.63, 3.8) is 0 Å². The lowest BCUT2D eigenvalue weighted by atomic mass is 9.97. The van der Waals surface area contributed by atoms with Gasteiger partial charge in [-0.1, -0.05) is 6.92 Å². The van der Waals surface area contributed by atoms with Gasteiger partial charge in [-0.3, -0.25) is 9.59 Å². The van der Waals surface area contributed by atoms with Gasteiger partial charge in [-0.05, 0) is 33.1 Å². The molecule has 1 amide bonds. The Labute approximate surface area is 132 Å². The van der Waals surface area contributed by atoms with E-state index in [0.29, 0.717) is 32.5 Å². The second-order valence-corrected chi connectivity index (χ2v) is 5.50. The maximum atomic E-state index is 12.0. The van der Waals surface area contributed by atoms with Crippen LogP contribution < -0.4 is 5.32 Å². The molecular weight excluding hydrogens is 282 g/mol. The highest BCUT2D eigenvalue weighted by atomic mass is 16.5. The van der Waals surface area contributed by atoms with Crippen LogP contribution >= 0.6 is 0 Å². The molecule has 1 heterocycles. The lowest BCUT2D eigenvalue weighted by molar-refractivity contribution is -0.149. The van der Waals surface area contributed by atoms with Gasteiger partial charge in [0, 0.05) is 25.3 Å². The van der Waals surface area contributed by atoms with Crippen molar-refractivity contribution in [3.8, 4) is 6.07 Å². The molecule has 0 saturated carbocycles. The van der Waals surface area contributed by atoms with Crippen LogP contribution in [-0.4, -0.2) is 42.5 Å². The van der Waals surface area contributed by atoms with Crippen LogP contribution in [0.15, 0.2) is 11.8 Å². The predicted molar refractivity (Wildman–Crippen MR) is 82.5 cm³/mol. The second kappa shape index (κ2) is 9.08. The maximum absolute atomic E-state index is 12.0. The van der Waals surface area contributed by atoms with E-state index < -0.39 is 0 Å². The predicted octanol–water partition coefficient (Wildman–Crippen LogP) is 1.58. The van der Waals surface area contributed by atoms with E-state index in [2.05, 4.69) is 5.32 Å². The van der Waals surface area contributed by atoms with E-state index in [1.54, 1.807) is 13.1 Å². The van der Waals surface area contributed by atoms with Gasteiger partial charge in [-0.2, -0.15) is 5.26 Å². The summed E-state index contributed by atoms with van der Waals surface area (Å²) in [6, 6.07) is 1.99. The molecule has 0 aliphatic carbocycles. The highest BCUT2D eigenvalue weighted by Crippen LogP contribution is 2.19. The molecule has 122 valence electrons. The summed E-state index contributed by atoms with van der Waals surface area (Å²) >= 11 is 0. The lowest BCUT2D eigenvalue weighted by Crippen LogP contribution is -2.36. The summed E-state index contributed by atoms with van der Waals surface area (Å²) < 4.78 is 5.02. The molecule has 0 radical (unpaired) electrons. The number of carbonyl (C=O) groups excluding carboxylic acids is 2. The fourth-order valence-corrected chi connectivity index (χ4v) is 2.25. The number of esters is 1. The van der Waals surface area contributed by atoms with E-state index in [1.807, 2.05) is 24.8 Å². The van der Waals surface area contributed by atoms with Crippen LogP contribution in [0.25, 0.3) is 0 Å². The first-order valence-corrected chi connectivity index (χ1v) is 7.85. The minimum absolute atomic E-state index is 0.0406. The van der Waals surface area contributed by atoms with Crippen LogP contribution in [0.5, 0.6) is 0 Å². The third kappa shape index (κ3) is 5.40. The van der Waals surface area contributed by atoms with Crippen LogP contribution in [0, 0.1) is 17.2 Å². The zero-order chi connectivity index (χ0) is 16.5. The number of nitrogens with one attached hydrogen (secondary N) is 1. The van der Waals surface area contributed by atoms with E-state index in [-0.39, 0.29) is 29.4 Å². The summed E-state index contributed by atoms with van der Waals surface area (Å²) in [6.07, 6.45) is 3.77. The van der Waals surface area contributed by atoms with Crippen LogP contribution in [0.3, 0.4) is 0 Å². The molecule has 1 atom stereocenters. The first kappa shape index (κ1) is 18.0. The number of likely N-dealkylation sites (tertiary alicyclic amines) is 1. The molecule has 0 aromatic heterocycles. The number of nitrogens with zero attached hydrogens (tertiary/aromatic N) is 2. The molecule has 1 N–H and O–H groups in total. The van der Waals surface area contributed by atoms with Gasteiger partial charge in [-0.25, -0.2) is 0 Å². The van der Waals surface area contributed by atoms with E-state index >= 15 is 0 Å². The molecule has 0 bridgehead atoms. The van der Waals surface area contributed by atoms with Gasteiger partial charge in [0.2, 0.25) is 0 Å². The molecule has 6 heteroatoms. The number of hydrogen-bond acceptors (Lipinski definition) is 5. The minimum atomic E-state index is -0.343. The Morgan fingerprint density at radius 2 is 2.05 bits per heavy atom. The monoisotopic (exact) mass is 307 g/mol. The van der Waals surface area contributed by atoms with Crippen LogP contribution in [0.4, 0.5) is 0 Å². The smallest absolute Gasteiger partial charge is 0.309 e.